The molecule has 0 unspecified atom stereocenters. The lowest BCUT2D eigenvalue weighted by molar-refractivity contribution is 0.0980. The molecule has 0 bridgehead atoms. The van der Waals surface area contributed by atoms with E-state index in [9.17, 15) is 18.3 Å². The number of carbonyl (C=O) groups excluding carboxylic acids is 1. The first-order valence-corrected chi connectivity index (χ1v) is 11.5. The molecule has 6 nitrogen and oxygen atoms in total. The second-order valence-electron chi connectivity index (χ2n) is 7.68. The van der Waals surface area contributed by atoms with Crippen LogP contribution < -0.4 is 9.62 Å². The van der Waals surface area contributed by atoms with Crippen molar-refractivity contribution in [1.82, 2.24) is 0 Å². The van der Waals surface area contributed by atoms with Gasteiger partial charge in [-0.1, -0.05) is 25.0 Å². The largest absolute Gasteiger partial charge is 0.506 e. The SMILES string of the molecule is CS(=O)(=O)Nc1cc(N2CCc3cc(C4CCCC4)ccc3C2=O)ccc1O. The molecule has 2 aromatic rings. The lowest BCUT2D eigenvalue weighted by Crippen LogP contribution is -2.37. The Morgan fingerprint density at radius 2 is 1.86 bits per heavy atom. The van der Waals surface area contributed by atoms with E-state index in [0.717, 1.165) is 18.2 Å². The molecule has 1 amide bonds. The first-order valence-electron chi connectivity index (χ1n) is 9.57. The Morgan fingerprint density at radius 1 is 1.11 bits per heavy atom. The van der Waals surface area contributed by atoms with Gasteiger partial charge in [-0.15, -0.1) is 0 Å². The summed E-state index contributed by atoms with van der Waals surface area (Å²) in [6.45, 7) is 0.517. The van der Waals surface area contributed by atoms with Gasteiger partial charge in [0.1, 0.15) is 5.75 Å². The molecule has 1 fully saturated rings. The Morgan fingerprint density at radius 3 is 2.57 bits per heavy atom. The smallest absolute Gasteiger partial charge is 0.258 e. The van der Waals surface area contributed by atoms with E-state index in [-0.39, 0.29) is 17.3 Å². The molecule has 28 heavy (non-hydrogen) atoms. The summed E-state index contributed by atoms with van der Waals surface area (Å²) in [5, 5.41) is 9.92. The number of sulfonamides is 1. The number of aromatic hydroxyl groups is 1. The molecule has 0 radical (unpaired) electrons. The van der Waals surface area contributed by atoms with Gasteiger partial charge in [-0.05, 0) is 60.6 Å². The van der Waals surface area contributed by atoms with Gasteiger partial charge in [0.15, 0.2) is 0 Å². The molecule has 0 atom stereocenters. The van der Waals surface area contributed by atoms with Crippen LogP contribution in [0.3, 0.4) is 0 Å². The zero-order valence-electron chi connectivity index (χ0n) is 15.8. The second kappa shape index (κ2) is 7.13. The molecular weight excluding hydrogens is 376 g/mol. The number of benzene rings is 2. The quantitative estimate of drug-likeness (QED) is 0.768. The van der Waals surface area contributed by atoms with E-state index >= 15 is 0 Å². The summed E-state index contributed by atoms with van der Waals surface area (Å²) in [5.74, 6) is 0.329. The van der Waals surface area contributed by atoms with E-state index < -0.39 is 10.0 Å². The van der Waals surface area contributed by atoms with Gasteiger partial charge in [-0.3, -0.25) is 9.52 Å². The van der Waals surface area contributed by atoms with Crippen molar-refractivity contribution >= 4 is 27.3 Å². The van der Waals surface area contributed by atoms with E-state index in [1.54, 1.807) is 11.0 Å². The molecule has 0 aromatic heterocycles. The number of carbonyl (C=O) groups is 1. The van der Waals surface area contributed by atoms with Crippen LogP contribution in [0, 0.1) is 0 Å². The third kappa shape index (κ3) is 3.71. The number of phenolic OH excluding ortho intramolecular Hbond substituents is 1. The molecule has 0 spiro atoms. The number of fused-ring (bicyclic) bond motifs is 1. The highest BCUT2D eigenvalue weighted by Gasteiger charge is 2.27. The van der Waals surface area contributed by atoms with Crippen LogP contribution in [0.4, 0.5) is 11.4 Å². The Hall–Kier alpha value is -2.54. The summed E-state index contributed by atoms with van der Waals surface area (Å²) in [6, 6.07) is 10.7. The van der Waals surface area contributed by atoms with Crippen LogP contribution in [0.5, 0.6) is 5.75 Å². The molecule has 2 N–H and O–H groups in total. The Balaban J connectivity index is 1.62. The lowest BCUT2D eigenvalue weighted by Gasteiger charge is -2.29. The highest BCUT2D eigenvalue weighted by Crippen LogP contribution is 2.36. The Labute approximate surface area is 165 Å². The van der Waals surface area contributed by atoms with E-state index in [4.69, 9.17) is 0 Å². The van der Waals surface area contributed by atoms with E-state index in [1.165, 1.54) is 43.4 Å². The number of nitrogens with one attached hydrogen (secondary N) is 1. The molecule has 2 aromatic carbocycles. The van der Waals surface area contributed by atoms with Crippen LogP contribution in [0.2, 0.25) is 0 Å². The van der Waals surface area contributed by atoms with Gasteiger partial charge in [0, 0.05) is 17.8 Å². The minimum atomic E-state index is -3.54. The van der Waals surface area contributed by atoms with Crippen molar-refractivity contribution in [3.8, 4) is 5.75 Å². The van der Waals surface area contributed by atoms with Crippen LogP contribution in [-0.4, -0.2) is 32.2 Å². The molecule has 1 aliphatic heterocycles. The molecule has 1 heterocycles. The summed E-state index contributed by atoms with van der Waals surface area (Å²) in [6.07, 6.45) is 6.77. The molecule has 7 heteroatoms. The maximum absolute atomic E-state index is 13.1. The first-order chi connectivity index (χ1) is 13.3. The third-order valence-electron chi connectivity index (χ3n) is 5.62. The predicted octanol–water partition coefficient (Wildman–Crippen LogP) is 3.62. The topological polar surface area (TPSA) is 86.7 Å². The molecule has 0 saturated heterocycles. The van der Waals surface area contributed by atoms with Crippen LogP contribution in [0.1, 0.15) is 53.1 Å². The van der Waals surface area contributed by atoms with Gasteiger partial charge < -0.3 is 10.0 Å². The highest BCUT2D eigenvalue weighted by atomic mass is 32.2. The first kappa shape index (κ1) is 18.8. The van der Waals surface area contributed by atoms with Crippen molar-refractivity contribution in [2.75, 3.05) is 22.4 Å². The van der Waals surface area contributed by atoms with E-state index in [1.807, 2.05) is 6.07 Å². The monoisotopic (exact) mass is 400 g/mol. The van der Waals surface area contributed by atoms with Crippen molar-refractivity contribution in [3.05, 3.63) is 53.1 Å². The standard InChI is InChI=1S/C21H24N2O4S/c1-28(26,27)22-19-13-17(7-9-20(19)24)23-11-10-16-12-15(14-4-2-3-5-14)6-8-18(16)21(23)25/h6-9,12-14,22,24H,2-5,10-11H2,1H3. The van der Waals surface area contributed by atoms with Crippen LogP contribution in [-0.2, 0) is 16.4 Å². The van der Waals surface area contributed by atoms with Gasteiger partial charge in [0.2, 0.25) is 10.0 Å². The highest BCUT2D eigenvalue weighted by molar-refractivity contribution is 7.92. The average molecular weight is 401 g/mol. The van der Waals surface area contributed by atoms with Crippen molar-refractivity contribution in [1.29, 1.82) is 0 Å². The minimum absolute atomic E-state index is 0.0650. The normalized spacial score (nSPS) is 17.6. The summed E-state index contributed by atoms with van der Waals surface area (Å²) in [7, 11) is -3.54. The molecule has 2 aliphatic rings. The van der Waals surface area contributed by atoms with Crippen LogP contribution in [0.15, 0.2) is 36.4 Å². The van der Waals surface area contributed by atoms with Crippen molar-refractivity contribution < 1.29 is 18.3 Å². The maximum atomic E-state index is 13.1. The zero-order chi connectivity index (χ0) is 19.9. The Kier molecular flexibility index (Phi) is 4.79. The lowest BCUT2D eigenvalue weighted by atomic mass is 9.90. The number of hydrogen-bond acceptors (Lipinski definition) is 4. The fourth-order valence-electron chi connectivity index (χ4n) is 4.24. The van der Waals surface area contributed by atoms with Gasteiger partial charge in [0.05, 0.1) is 11.9 Å². The van der Waals surface area contributed by atoms with Crippen LogP contribution in [0.25, 0.3) is 0 Å². The van der Waals surface area contributed by atoms with Crippen molar-refractivity contribution in [2.45, 2.75) is 38.0 Å². The molecule has 1 aliphatic carbocycles. The minimum Gasteiger partial charge on any atom is -0.506 e. The molecule has 148 valence electrons. The summed E-state index contributed by atoms with van der Waals surface area (Å²) in [4.78, 5) is 14.7. The summed E-state index contributed by atoms with van der Waals surface area (Å²) < 4.78 is 25.3. The van der Waals surface area contributed by atoms with Crippen molar-refractivity contribution in [2.24, 2.45) is 0 Å². The third-order valence-corrected chi connectivity index (χ3v) is 6.21. The predicted molar refractivity (Wildman–Crippen MR) is 110 cm³/mol. The number of anilines is 2. The maximum Gasteiger partial charge on any atom is 0.258 e. The van der Waals surface area contributed by atoms with Crippen molar-refractivity contribution in [3.63, 3.8) is 0 Å². The van der Waals surface area contributed by atoms with Crippen LogP contribution >= 0.6 is 0 Å². The van der Waals surface area contributed by atoms with Gasteiger partial charge >= 0.3 is 0 Å². The molecule has 4 rings (SSSR count). The number of amides is 1. The number of phenols is 1. The molecular formula is C21H24N2O4S. The number of nitrogens with zero attached hydrogens (tertiary/aromatic N) is 1. The van der Waals surface area contributed by atoms with E-state index in [2.05, 4.69) is 16.9 Å². The summed E-state index contributed by atoms with van der Waals surface area (Å²) >= 11 is 0. The second-order valence-corrected chi connectivity index (χ2v) is 9.43. The zero-order valence-corrected chi connectivity index (χ0v) is 16.6. The van der Waals surface area contributed by atoms with E-state index in [0.29, 0.717) is 23.7 Å². The number of hydrogen-bond donors (Lipinski definition) is 2. The average Bonchev–Trinajstić information content (AvgIpc) is 3.17. The Bertz CT molecular complexity index is 1030. The molecule has 1 saturated carbocycles. The van der Waals surface area contributed by atoms with Gasteiger partial charge in [0.25, 0.3) is 5.91 Å². The van der Waals surface area contributed by atoms with Gasteiger partial charge in [-0.2, -0.15) is 0 Å². The number of rotatable bonds is 4. The fraction of sp³-hybridized carbons (Fsp3) is 0.381. The fourth-order valence-corrected chi connectivity index (χ4v) is 4.80. The van der Waals surface area contributed by atoms with Gasteiger partial charge in [-0.25, -0.2) is 8.42 Å². The summed E-state index contributed by atoms with van der Waals surface area (Å²) in [5.41, 5.74) is 3.73.